The number of benzene rings is 2. The van der Waals surface area contributed by atoms with Crippen LogP contribution in [-0.4, -0.2) is 5.16 Å². The van der Waals surface area contributed by atoms with Crippen LogP contribution in [-0.2, 0) is 0 Å². The summed E-state index contributed by atoms with van der Waals surface area (Å²) in [6.45, 7) is 4.34. The van der Waals surface area contributed by atoms with Crippen molar-refractivity contribution < 1.29 is 0 Å². The molecule has 0 N–H and O–H groups in total. The molecule has 1 saturated carbocycles. The van der Waals surface area contributed by atoms with Crippen molar-refractivity contribution in [3.63, 3.8) is 0 Å². The van der Waals surface area contributed by atoms with Gasteiger partial charge in [0.2, 0.25) is 0 Å². The molecule has 0 spiro atoms. The van der Waals surface area contributed by atoms with Crippen LogP contribution in [0, 0.1) is 24.7 Å². The van der Waals surface area contributed by atoms with E-state index in [0.717, 1.165) is 34.2 Å². The molecule has 0 saturated heterocycles. The molecule has 0 bridgehead atoms. The third-order valence-electron chi connectivity index (χ3n) is 5.92. The summed E-state index contributed by atoms with van der Waals surface area (Å²) >= 11 is 4.66. The molecule has 144 valence electrons. The first-order valence-electron chi connectivity index (χ1n) is 10.5. The summed E-state index contributed by atoms with van der Waals surface area (Å²) in [5.74, 6) is 8.28. The van der Waals surface area contributed by atoms with Gasteiger partial charge < -0.3 is 0 Å². The minimum absolute atomic E-state index is 0.733. The lowest BCUT2D eigenvalue weighted by Gasteiger charge is -2.28. The van der Waals surface area contributed by atoms with Crippen LogP contribution in [0.4, 0.5) is 5.69 Å². The van der Waals surface area contributed by atoms with E-state index < -0.39 is 0 Å². The van der Waals surface area contributed by atoms with Crippen molar-refractivity contribution in [1.82, 2.24) is 0 Å². The molecule has 3 rings (SSSR count). The van der Waals surface area contributed by atoms with Gasteiger partial charge in [0, 0.05) is 11.1 Å². The molecule has 0 amide bonds. The fourth-order valence-electron chi connectivity index (χ4n) is 4.17. The quantitative estimate of drug-likeness (QED) is 0.292. The highest BCUT2D eigenvalue weighted by Crippen LogP contribution is 2.37. The fraction of sp³-hybridized carbons (Fsp3) is 0.423. The van der Waals surface area contributed by atoms with Crippen LogP contribution < -0.4 is 0 Å². The molecule has 2 heteroatoms. The maximum absolute atomic E-state index is 4.66. The Balaban J connectivity index is 1.61. The number of hydrogen-bond acceptors (Lipinski definition) is 2. The number of aryl methyl sites for hydroxylation is 1. The van der Waals surface area contributed by atoms with Gasteiger partial charge in [-0.1, -0.05) is 50.2 Å². The lowest BCUT2D eigenvalue weighted by atomic mass is 9.77. The predicted molar refractivity (Wildman–Crippen MR) is 123 cm³/mol. The minimum Gasteiger partial charge on any atom is -0.195 e. The van der Waals surface area contributed by atoms with E-state index in [1.54, 1.807) is 0 Å². The number of rotatable bonds is 5. The first kappa shape index (κ1) is 20.5. The van der Waals surface area contributed by atoms with E-state index in [9.17, 15) is 0 Å². The van der Waals surface area contributed by atoms with E-state index in [1.807, 2.05) is 25.1 Å². The lowest BCUT2D eigenvalue weighted by molar-refractivity contribution is 0.304. The van der Waals surface area contributed by atoms with Crippen molar-refractivity contribution in [2.75, 3.05) is 0 Å². The Hall–Kier alpha value is -2.20. The van der Waals surface area contributed by atoms with Crippen LogP contribution in [0.25, 0.3) is 0 Å². The Morgan fingerprint density at radius 3 is 2.39 bits per heavy atom. The second kappa shape index (κ2) is 10.4. The average molecular weight is 388 g/mol. The molecule has 1 aliphatic carbocycles. The van der Waals surface area contributed by atoms with Crippen molar-refractivity contribution in [3.8, 4) is 11.8 Å². The SMILES string of the molecule is CCCCC1CCC(c2ccc(C#Cc3ccc(N=C=S)cc3C)cc2)CC1. The van der Waals surface area contributed by atoms with Crippen LogP contribution in [0.15, 0.2) is 47.5 Å². The predicted octanol–water partition coefficient (Wildman–Crippen LogP) is 7.59. The van der Waals surface area contributed by atoms with Gasteiger partial charge in [-0.05, 0) is 98.1 Å². The number of isothiocyanates is 1. The Bertz CT molecular complexity index is 886. The minimum atomic E-state index is 0.733. The second-order valence-corrected chi connectivity index (χ2v) is 8.12. The average Bonchev–Trinajstić information content (AvgIpc) is 2.73. The Morgan fingerprint density at radius 2 is 1.75 bits per heavy atom. The van der Waals surface area contributed by atoms with Crippen molar-refractivity contribution in [1.29, 1.82) is 0 Å². The number of aliphatic imine (C=N–C) groups is 1. The highest BCUT2D eigenvalue weighted by Gasteiger charge is 2.21. The molecule has 0 aromatic heterocycles. The van der Waals surface area contributed by atoms with Crippen molar-refractivity contribution >= 4 is 23.1 Å². The van der Waals surface area contributed by atoms with Gasteiger partial charge in [0.05, 0.1) is 10.8 Å². The van der Waals surface area contributed by atoms with Crippen LogP contribution >= 0.6 is 12.2 Å². The van der Waals surface area contributed by atoms with Crippen molar-refractivity contribution in [2.45, 2.75) is 64.7 Å². The van der Waals surface area contributed by atoms with Crippen molar-refractivity contribution in [3.05, 3.63) is 64.7 Å². The summed E-state index contributed by atoms with van der Waals surface area (Å²) in [5.41, 5.74) is 5.51. The Morgan fingerprint density at radius 1 is 1.00 bits per heavy atom. The van der Waals surface area contributed by atoms with Gasteiger partial charge in [0.25, 0.3) is 0 Å². The summed E-state index contributed by atoms with van der Waals surface area (Å²) in [5, 5.41) is 2.40. The molecule has 1 aliphatic rings. The first-order valence-corrected chi connectivity index (χ1v) is 10.9. The monoisotopic (exact) mass is 387 g/mol. The topological polar surface area (TPSA) is 12.4 Å². The number of hydrogen-bond donors (Lipinski definition) is 0. The molecular weight excluding hydrogens is 358 g/mol. The highest BCUT2D eigenvalue weighted by molar-refractivity contribution is 7.78. The van der Waals surface area contributed by atoms with E-state index in [-0.39, 0.29) is 0 Å². The van der Waals surface area contributed by atoms with Gasteiger partial charge >= 0.3 is 0 Å². The number of thiocarbonyl (C=S) groups is 1. The molecule has 1 fully saturated rings. The largest absolute Gasteiger partial charge is 0.195 e. The standard InChI is InChI=1S/C26H29NS/c1-3-4-5-21-7-12-24(13-8-21)25-14-9-22(10-15-25)6-11-23-16-17-26(27-19-28)18-20(23)2/h9-10,14-18,21,24H,3-5,7-8,12-13H2,1-2H3. The molecule has 2 aromatic carbocycles. The first-order chi connectivity index (χ1) is 13.7. The van der Waals surface area contributed by atoms with E-state index in [0.29, 0.717) is 0 Å². The second-order valence-electron chi connectivity index (χ2n) is 7.93. The number of unbranched alkanes of at least 4 members (excludes halogenated alkanes) is 1. The van der Waals surface area contributed by atoms with Crippen LogP contribution in [0.1, 0.15) is 80.0 Å². The van der Waals surface area contributed by atoms with Gasteiger partial charge in [0.15, 0.2) is 0 Å². The van der Waals surface area contributed by atoms with Gasteiger partial charge in [0.1, 0.15) is 0 Å². The van der Waals surface area contributed by atoms with Crippen LogP contribution in [0.5, 0.6) is 0 Å². The zero-order chi connectivity index (χ0) is 19.8. The Kier molecular flexibility index (Phi) is 7.61. The maximum atomic E-state index is 4.66. The molecule has 1 nitrogen and oxygen atoms in total. The summed E-state index contributed by atoms with van der Waals surface area (Å²) < 4.78 is 0. The highest BCUT2D eigenvalue weighted by atomic mass is 32.1. The van der Waals surface area contributed by atoms with E-state index in [2.05, 4.69) is 65.4 Å². The van der Waals surface area contributed by atoms with Crippen LogP contribution in [0.2, 0.25) is 0 Å². The maximum Gasteiger partial charge on any atom is 0.0743 e. The Labute approximate surface area is 175 Å². The smallest absolute Gasteiger partial charge is 0.0743 e. The molecule has 28 heavy (non-hydrogen) atoms. The summed E-state index contributed by atoms with van der Waals surface area (Å²) in [7, 11) is 0. The van der Waals surface area contributed by atoms with E-state index in [4.69, 9.17) is 0 Å². The fourth-order valence-corrected chi connectivity index (χ4v) is 4.27. The van der Waals surface area contributed by atoms with E-state index >= 15 is 0 Å². The summed E-state index contributed by atoms with van der Waals surface area (Å²) in [6, 6.07) is 14.8. The van der Waals surface area contributed by atoms with Crippen molar-refractivity contribution in [2.24, 2.45) is 10.9 Å². The molecule has 0 atom stereocenters. The van der Waals surface area contributed by atoms with Crippen LogP contribution in [0.3, 0.4) is 0 Å². The molecule has 0 aliphatic heterocycles. The summed E-state index contributed by atoms with van der Waals surface area (Å²) in [6.07, 6.45) is 9.63. The molecule has 2 aromatic rings. The normalized spacial score (nSPS) is 18.6. The molecule has 0 unspecified atom stereocenters. The molecule has 0 heterocycles. The molecular formula is C26H29NS. The van der Waals surface area contributed by atoms with E-state index in [1.165, 1.54) is 50.5 Å². The van der Waals surface area contributed by atoms with Gasteiger partial charge in [-0.3, -0.25) is 0 Å². The van der Waals surface area contributed by atoms with Gasteiger partial charge in [-0.15, -0.1) is 0 Å². The van der Waals surface area contributed by atoms with Gasteiger partial charge in [-0.2, -0.15) is 4.99 Å². The zero-order valence-electron chi connectivity index (χ0n) is 17.0. The lowest BCUT2D eigenvalue weighted by Crippen LogP contribution is -2.13. The third kappa shape index (κ3) is 5.65. The zero-order valence-corrected chi connectivity index (χ0v) is 17.8. The number of nitrogens with zero attached hydrogens (tertiary/aromatic N) is 1. The molecule has 0 radical (unpaired) electrons. The van der Waals surface area contributed by atoms with Gasteiger partial charge in [-0.25, -0.2) is 0 Å². The third-order valence-corrected chi connectivity index (χ3v) is 6.01. The summed E-state index contributed by atoms with van der Waals surface area (Å²) in [4.78, 5) is 4.02.